The number of aromatic hydroxyl groups is 2. The molecule has 0 aliphatic heterocycles. The number of hydrogen-bond acceptors (Lipinski definition) is 4. The van der Waals surface area contributed by atoms with Gasteiger partial charge in [-0.25, -0.2) is 0 Å². The van der Waals surface area contributed by atoms with Crippen molar-refractivity contribution in [3.8, 4) is 11.5 Å². The number of phenolic OH excluding ortho intramolecular Hbond substituents is 2. The van der Waals surface area contributed by atoms with E-state index in [-0.39, 0.29) is 22.8 Å². The summed E-state index contributed by atoms with van der Waals surface area (Å²) >= 11 is 1.30. The second kappa shape index (κ2) is 4.40. The zero-order valence-corrected chi connectivity index (χ0v) is 10.6. The van der Waals surface area contributed by atoms with Crippen molar-refractivity contribution < 1.29 is 15.0 Å². The first-order valence-corrected chi connectivity index (χ1v) is 6.58. The molecule has 3 rings (SSSR count). The van der Waals surface area contributed by atoms with Gasteiger partial charge in [-0.2, -0.15) is 0 Å². The molecule has 0 aliphatic carbocycles. The summed E-state index contributed by atoms with van der Waals surface area (Å²) in [6.45, 7) is 0. The second-order valence-electron chi connectivity index (χ2n) is 4.14. The van der Waals surface area contributed by atoms with Gasteiger partial charge in [0.1, 0.15) is 11.5 Å². The molecule has 2 N–H and O–H groups in total. The highest BCUT2D eigenvalue weighted by atomic mass is 32.1. The molecule has 0 amide bonds. The summed E-state index contributed by atoms with van der Waals surface area (Å²) in [4.78, 5) is 12.8. The maximum absolute atomic E-state index is 12.3. The molecule has 4 heteroatoms. The molecule has 2 aromatic carbocycles. The molecule has 1 aromatic heterocycles. The van der Waals surface area contributed by atoms with Gasteiger partial charge in [-0.3, -0.25) is 4.79 Å². The predicted octanol–water partition coefficient (Wildman–Crippen LogP) is 3.54. The van der Waals surface area contributed by atoms with Gasteiger partial charge in [0.2, 0.25) is 5.78 Å². The van der Waals surface area contributed by atoms with Crippen molar-refractivity contribution >= 4 is 27.9 Å². The minimum atomic E-state index is -0.284. The summed E-state index contributed by atoms with van der Waals surface area (Å²) < 4.78 is 0. The summed E-state index contributed by atoms with van der Waals surface area (Å²) in [6.07, 6.45) is 0. The highest BCUT2D eigenvalue weighted by Gasteiger charge is 2.18. The molecule has 0 radical (unpaired) electrons. The van der Waals surface area contributed by atoms with Crippen molar-refractivity contribution in [3.63, 3.8) is 0 Å². The SMILES string of the molecule is O=C(c1cccs1)c1cc(O)c2ccccc2c1O. The third kappa shape index (κ3) is 1.86. The Morgan fingerprint density at radius 1 is 1.00 bits per heavy atom. The average molecular weight is 270 g/mol. The first-order chi connectivity index (χ1) is 9.18. The van der Waals surface area contributed by atoms with E-state index in [9.17, 15) is 15.0 Å². The molecule has 0 aliphatic rings. The average Bonchev–Trinajstić information content (AvgIpc) is 2.96. The molecule has 3 aromatic rings. The number of benzene rings is 2. The Balaban J connectivity index is 2.25. The van der Waals surface area contributed by atoms with E-state index in [1.54, 1.807) is 41.8 Å². The molecule has 0 bridgehead atoms. The Labute approximate surface area is 113 Å². The van der Waals surface area contributed by atoms with Crippen LogP contribution in [0.25, 0.3) is 10.8 Å². The second-order valence-corrected chi connectivity index (χ2v) is 5.09. The lowest BCUT2D eigenvalue weighted by molar-refractivity contribution is 0.104. The monoisotopic (exact) mass is 270 g/mol. The molecular weight excluding hydrogens is 260 g/mol. The standard InChI is InChI=1S/C15H10O3S/c16-12-8-11(15(18)13-6-3-7-19-13)14(17)10-5-2-1-4-9(10)12/h1-8,16-17H. The number of hydrogen-bond donors (Lipinski definition) is 2. The lowest BCUT2D eigenvalue weighted by Crippen LogP contribution is -1.99. The van der Waals surface area contributed by atoms with Gasteiger partial charge in [0, 0.05) is 10.8 Å². The first kappa shape index (κ1) is 11.7. The zero-order valence-electron chi connectivity index (χ0n) is 9.83. The third-order valence-corrected chi connectivity index (χ3v) is 3.85. The molecule has 0 unspecified atom stereocenters. The largest absolute Gasteiger partial charge is 0.507 e. The Bertz CT molecular complexity index is 760. The fourth-order valence-electron chi connectivity index (χ4n) is 2.05. The minimum Gasteiger partial charge on any atom is -0.507 e. The lowest BCUT2D eigenvalue weighted by Gasteiger charge is -2.08. The van der Waals surface area contributed by atoms with E-state index in [2.05, 4.69) is 0 Å². The molecule has 0 saturated carbocycles. The number of rotatable bonds is 2. The topological polar surface area (TPSA) is 57.5 Å². The van der Waals surface area contributed by atoms with Gasteiger partial charge in [0.05, 0.1) is 10.4 Å². The smallest absolute Gasteiger partial charge is 0.206 e. The van der Waals surface area contributed by atoms with Gasteiger partial charge < -0.3 is 10.2 Å². The van der Waals surface area contributed by atoms with E-state index in [4.69, 9.17) is 0 Å². The maximum Gasteiger partial charge on any atom is 0.206 e. The number of carbonyl (C=O) groups is 1. The van der Waals surface area contributed by atoms with Gasteiger partial charge in [-0.05, 0) is 17.5 Å². The van der Waals surface area contributed by atoms with Crippen molar-refractivity contribution in [1.29, 1.82) is 0 Å². The molecule has 1 heterocycles. The van der Waals surface area contributed by atoms with Gasteiger partial charge in [-0.15, -0.1) is 11.3 Å². The Morgan fingerprint density at radius 3 is 2.42 bits per heavy atom. The predicted molar refractivity (Wildman–Crippen MR) is 75.0 cm³/mol. The van der Waals surface area contributed by atoms with Crippen molar-refractivity contribution in [2.24, 2.45) is 0 Å². The lowest BCUT2D eigenvalue weighted by atomic mass is 10.0. The molecule has 19 heavy (non-hydrogen) atoms. The number of phenols is 2. The van der Waals surface area contributed by atoms with Crippen LogP contribution in [0, 0.1) is 0 Å². The van der Waals surface area contributed by atoms with E-state index in [0.29, 0.717) is 15.6 Å². The summed E-state index contributed by atoms with van der Waals surface area (Å²) in [5, 5.41) is 23.0. The molecule has 3 nitrogen and oxygen atoms in total. The highest BCUT2D eigenvalue weighted by Crippen LogP contribution is 2.36. The summed E-state index contributed by atoms with van der Waals surface area (Å²) in [6, 6.07) is 11.7. The van der Waals surface area contributed by atoms with E-state index in [0.717, 1.165) is 0 Å². The van der Waals surface area contributed by atoms with Crippen LogP contribution in [0.3, 0.4) is 0 Å². The molecule has 0 spiro atoms. The van der Waals surface area contributed by atoms with Crippen molar-refractivity contribution in [2.75, 3.05) is 0 Å². The van der Waals surface area contributed by atoms with Crippen LogP contribution in [-0.4, -0.2) is 16.0 Å². The zero-order chi connectivity index (χ0) is 13.4. The molecule has 0 saturated heterocycles. The number of ketones is 1. The third-order valence-electron chi connectivity index (χ3n) is 2.98. The summed E-state index contributed by atoms with van der Waals surface area (Å²) in [5.41, 5.74) is 0.124. The number of fused-ring (bicyclic) bond motifs is 1. The summed E-state index contributed by atoms with van der Waals surface area (Å²) in [7, 11) is 0. The van der Waals surface area contributed by atoms with E-state index < -0.39 is 0 Å². The maximum atomic E-state index is 12.3. The molecular formula is C15H10O3S. The van der Waals surface area contributed by atoms with E-state index in [1.165, 1.54) is 17.4 Å². The highest BCUT2D eigenvalue weighted by molar-refractivity contribution is 7.12. The van der Waals surface area contributed by atoms with Crippen LogP contribution < -0.4 is 0 Å². The molecule has 0 atom stereocenters. The van der Waals surface area contributed by atoms with Gasteiger partial charge in [-0.1, -0.05) is 30.3 Å². The molecule has 94 valence electrons. The normalized spacial score (nSPS) is 10.7. The van der Waals surface area contributed by atoms with Crippen LogP contribution >= 0.6 is 11.3 Å². The Hall–Kier alpha value is -2.33. The summed E-state index contributed by atoms with van der Waals surface area (Å²) in [5.74, 6) is -0.381. The van der Waals surface area contributed by atoms with Crippen LogP contribution in [0.2, 0.25) is 0 Å². The van der Waals surface area contributed by atoms with Gasteiger partial charge >= 0.3 is 0 Å². The van der Waals surface area contributed by atoms with Crippen LogP contribution in [-0.2, 0) is 0 Å². The molecule has 0 fully saturated rings. The van der Waals surface area contributed by atoms with Crippen LogP contribution in [0.15, 0.2) is 47.8 Å². The minimum absolute atomic E-state index is 0.00620. The van der Waals surface area contributed by atoms with Crippen LogP contribution in [0.4, 0.5) is 0 Å². The number of carbonyl (C=O) groups excluding carboxylic acids is 1. The first-order valence-electron chi connectivity index (χ1n) is 5.70. The van der Waals surface area contributed by atoms with Crippen molar-refractivity contribution in [3.05, 3.63) is 58.3 Å². The number of thiophene rings is 1. The fraction of sp³-hybridized carbons (Fsp3) is 0. The van der Waals surface area contributed by atoms with Gasteiger partial charge in [0.15, 0.2) is 0 Å². The fourth-order valence-corrected chi connectivity index (χ4v) is 2.73. The van der Waals surface area contributed by atoms with Crippen molar-refractivity contribution in [2.45, 2.75) is 0 Å². The Morgan fingerprint density at radius 2 is 1.74 bits per heavy atom. The quantitative estimate of drug-likeness (QED) is 0.553. The van der Waals surface area contributed by atoms with Gasteiger partial charge in [0.25, 0.3) is 0 Å². The van der Waals surface area contributed by atoms with Crippen molar-refractivity contribution in [1.82, 2.24) is 0 Å². The van der Waals surface area contributed by atoms with E-state index in [1.807, 2.05) is 0 Å². The Kier molecular flexibility index (Phi) is 2.72. The van der Waals surface area contributed by atoms with Crippen LogP contribution in [0.5, 0.6) is 11.5 Å². The van der Waals surface area contributed by atoms with Crippen LogP contribution in [0.1, 0.15) is 15.2 Å². The van der Waals surface area contributed by atoms with E-state index >= 15 is 0 Å².